The van der Waals surface area contributed by atoms with Gasteiger partial charge in [-0.25, -0.2) is 9.78 Å². The predicted octanol–water partition coefficient (Wildman–Crippen LogP) is 2.14. The molecule has 2 heterocycles. The number of rotatable bonds is 19. The van der Waals surface area contributed by atoms with Crippen molar-refractivity contribution in [1.29, 1.82) is 0 Å². The summed E-state index contributed by atoms with van der Waals surface area (Å²) in [4.78, 5) is 132. The highest BCUT2D eigenvalue weighted by molar-refractivity contribution is 6.38. The molecule has 0 bridgehead atoms. The molecule has 1 saturated heterocycles. The first kappa shape index (κ1) is 52.5. The van der Waals surface area contributed by atoms with E-state index in [0.29, 0.717) is 24.8 Å². The van der Waals surface area contributed by atoms with Crippen molar-refractivity contribution < 1.29 is 47.9 Å². The number of ether oxygens (including phenoxy) is 1. The summed E-state index contributed by atoms with van der Waals surface area (Å²) in [5.41, 5.74) is -1.24. The van der Waals surface area contributed by atoms with E-state index in [2.05, 4.69) is 47.2 Å². The first-order chi connectivity index (χ1) is 32.1. The molecule has 0 spiro atoms. The average molecular weight is 945 g/mol. The summed E-state index contributed by atoms with van der Waals surface area (Å²) in [6, 6.07) is 2.99. The lowest BCUT2D eigenvalue weighted by molar-refractivity contribution is -0.141. The molecule has 0 unspecified atom stereocenters. The first-order valence-corrected chi connectivity index (χ1v) is 23.6. The number of nitrogens with zero attached hydrogens (tertiary/aromatic N) is 3. The normalized spacial score (nSPS) is 19.2. The molecule has 1 aromatic carbocycles. The van der Waals surface area contributed by atoms with E-state index >= 15 is 0 Å². The van der Waals surface area contributed by atoms with Crippen LogP contribution in [0.3, 0.4) is 0 Å². The van der Waals surface area contributed by atoms with Crippen LogP contribution in [0.4, 0.5) is 4.79 Å². The van der Waals surface area contributed by atoms with Gasteiger partial charge in [0, 0.05) is 31.5 Å². The molecule has 2 saturated carbocycles. The number of hydrogen-bond donors (Lipinski definition) is 7. The summed E-state index contributed by atoms with van der Waals surface area (Å²) in [6.45, 7) is 11.0. The topological polar surface area (TPSA) is 276 Å². The number of nitrogens with one attached hydrogen (secondary N) is 7. The summed E-state index contributed by atoms with van der Waals surface area (Å²) in [5.74, 6) is -7.26. The number of aromatic nitrogens is 2. The summed E-state index contributed by atoms with van der Waals surface area (Å²) in [7, 11) is 0. The summed E-state index contributed by atoms with van der Waals surface area (Å²) < 4.78 is 5.60. The van der Waals surface area contributed by atoms with Crippen LogP contribution in [0.2, 0.25) is 0 Å². The predicted molar refractivity (Wildman–Crippen MR) is 248 cm³/mol. The maximum Gasteiger partial charge on any atom is 0.410 e. The highest BCUT2D eigenvalue weighted by atomic mass is 16.6. The molecule has 3 fully saturated rings. The summed E-state index contributed by atoms with van der Waals surface area (Å²) in [6.07, 6.45) is 9.48. The van der Waals surface area contributed by atoms with Crippen molar-refractivity contribution in [2.24, 2.45) is 17.3 Å². The van der Waals surface area contributed by atoms with Crippen LogP contribution in [0.25, 0.3) is 0 Å². The Kier molecular flexibility index (Phi) is 18.1. The van der Waals surface area contributed by atoms with Gasteiger partial charge < -0.3 is 46.9 Å². The van der Waals surface area contributed by atoms with E-state index in [1.54, 1.807) is 78.8 Å². The van der Waals surface area contributed by atoms with Crippen molar-refractivity contribution in [1.82, 2.24) is 52.1 Å². The molecule has 8 amide bonds. The lowest BCUT2D eigenvalue weighted by atomic mass is 9.82. The Morgan fingerprint density at radius 3 is 2.07 bits per heavy atom. The van der Waals surface area contributed by atoms with Gasteiger partial charge in [-0.1, -0.05) is 83.7 Å². The Bertz CT molecular complexity index is 2130. The molecule has 6 atom stereocenters. The first-order valence-electron chi connectivity index (χ1n) is 23.6. The van der Waals surface area contributed by atoms with E-state index in [-0.39, 0.29) is 37.2 Å². The summed E-state index contributed by atoms with van der Waals surface area (Å²) in [5, 5.41) is 19.0. The third-order valence-electron chi connectivity index (χ3n) is 12.0. The Balaban J connectivity index is 1.29. The van der Waals surface area contributed by atoms with Crippen molar-refractivity contribution in [2.75, 3.05) is 19.6 Å². The fourth-order valence-electron chi connectivity index (χ4n) is 8.27. The van der Waals surface area contributed by atoms with E-state index in [0.717, 1.165) is 32.1 Å². The van der Waals surface area contributed by atoms with Gasteiger partial charge in [0.25, 0.3) is 11.8 Å². The third kappa shape index (κ3) is 15.3. The number of ketones is 1. The van der Waals surface area contributed by atoms with Crippen LogP contribution < -0.4 is 37.2 Å². The number of hydrogen-bond acceptors (Lipinski definition) is 12. The number of carbonyl (C=O) groups is 9. The van der Waals surface area contributed by atoms with Crippen LogP contribution in [0.15, 0.2) is 48.9 Å². The molecule has 1 aromatic heterocycles. The van der Waals surface area contributed by atoms with Crippen LogP contribution >= 0.6 is 0 Å². The standard InChI is InChI=1S/C48H68N10O10/c1-8-15-32(38(60)44(65)51-25-35(59)55-36(28-16-11-9-12-17-28)42(63)52-30-20-21-30)53-40(61)31-26-58(46(67)68-48(5,6)7)27-34(31)54-45(66)39(47(2,3)4)57-43(64)37(29-18-13-10-14-19-29)56-41(62)33-24-49-22-23-50-33/h9,11-12,16-17,22-24,29-32,34,36-37,39H,8,10,13-15,18-21,25-27H2,1-7H3,(H,51,65)(H,52,63)(H,53,61)(H,54,66)(H,55,59)(H,56,62)(H,57,64)/t31-,32+,34+,36+,37+,39-/m1/s1. The molecule has 2 aliphatic carbocycles. The molecule has 7 N–H and O–H groups in total. The van der Waals surface area contributed by atoms with Crippen molar-refractivity contribution in [3.05, 3.63) is 60.2 Å². The molecule has 1 aliphatic heterocycles. The van der Waals surface area contributed by atoms with Gasteiger partial charge in [-0.2, -0.15) is 0 Å². The van der Waals surface area contributed by atoms with E-state index in [9.17, 15) is 43.2 Å². The number of likely N-dealkylation sites (tertiary alicyclic amines) is 1. The van der Waals surface area contributed by atoms with Crippen molar-refractivity contribution in [2.45, 2.75) is 148 Å². The van der Waals surface area contributed by atoms with E-state index in [4.69, 9.17) is 4.74 Å². The van der Waals surface area contributed by atoms with E-state index in [1.165, 1.54) is 23.5 Å². The number of Topliss-reactive ketones (excluding diaryl/α,β-unsaturated/α-hetero) is 1. The zero-order chi connectivity index (χ0) is 49.8. The SMILES string of the molecule is CCC[C@H](NC(=O)[C@@H]1CN(C(=O)OC(C)(C)C)C[C@@H]1NC(=O)[C@@H](NC(=O)[C@@H](NC(=O)c1cnccn1)C1CCCCC1)C(C)(C)C)C(=O)C(=O)NCC(=O)N[C@H](C(=O)NC1CC1)c1ccccc1. The number of amides is 8. The van der Waals surface area contributed by atoms with Crippen LogP contribution in [-0.4, -0.2) is 124 Å². The average Bonchev–Trinajstić information content (AvgIpc) is 4.02. The molecule has 68 heavy (non-hydrogen) atoms. The molecular weight excluding hydrogens is 877 g/mol. The highest BCUT2D eigenvalue weighted by Crippen LogP contribution is 2.29. The molecule has 3 aliphatic rings. The molecule has 2 aromatic rings. The van der Waals surface area contributed by atoms with Crippen LogP contribution in [0.1, 0.15) is 128 Å². The number of benzene rings is 1. The lowest BCUT2D eigenvalue weighted by Gasteiger charge is -2.35. The Labute approximate surface area is 397 Å². The van der Waals surface area contributed by atoms with Crippen LogP contribution in [0.5, 0.6) is 0 Å². The van der Waals surface area contributed by atoms with Gasteiger partial charge >= 0.3 is 6.09 Å². The van der Waals surface area contributed by atoms with E-state index in [1.807, 2.05) is 0 Å². The van der Waals surface area contributed by atoms with Gasteiger partial charge in [0.2, 0.25) is 35.3 Å². The fraction of sp³-hybridized carbons (Fsp3) is 0.604. The molecule has 20 nitrogen and oxygen atoms in total. The highest BCUT2D eigenvalue weighted by Gasteiger charge is 2.45. The maximum atomic E-state index is 14.4. The monoisotopic (exact) mass is 945 g/mol. The van der Waals surface area contributed by atoms with Crippen molar-refractivity contribution in [3.8, 4) is 0 Å². The molecule has 370 valence electrons. The van der Waals surface area contributed by atoms with Gasteiger partial charge in [-0.15, -0.1) is 0 Å². The van der Waals surface area contributed by atoms with Gasteiger partial charge in [-0.05, 0) is 69.8 Å². The third-order valence-corrected chi connectivity index (χ3v) is 12.0. The minimum atomic E-state index is -1.35. The molecular formula is C48H68N10O10. The number of carbonyl (C=O) groups excluding carboxylic acids is 9. The fourth-order valence-corrected chi connectivity index (χ4v) is 8.27. The Morgan fingerprint density at radius 2 is 1.47 bits per heavy atom. The second-order valence-corrected chi connectivity index (χ2v) is 19.9. The second-order valence-electron chi connectivity index (χ2n) is 19.9. The summed E-state index contributed by atoms with van der Waals surface area (Å²) >= 11 is 0. The minimum absolute atomic E-state index is 0.0284. The van der Waals surface area contributed by atoms with Crippen LogP contribution in [0, 0.1) is 17.3 Å². The van der Waals surface area contributed by atoms with Gasteiger partial charge in [-0.3, -0.25) is 43.3 Å². The molecule has 5 rings (SSSR count). The van der Waals surface area contributed by atoms with Gasteiger partial charge in [0.1, 0.15) is 29.4 Å². The zero-order valence-electron chi connectivity index (χ0n) is 40.1. The van der Waals surface area contributed by atoms with Gasteiger partial charge in [0.15, 0.2) is 0 Å². The Morgan fingerprint density at radius 1 is 0.779 bits per heavy atom. The van der Waals surface area contributed by atoms with Crippen molar-refractivity contribution in [3.63, 3.8) is 0 Å². The Hall–Kier alpha value is -6.47. The smallest absolute Gasteiger partial charge is 0.410 e. The second kappa shape index (κ2) is 23.5. The zero-order valence-corrected chi connectivity index (χ0v) is 40.1. The van der Waals surface area contributed by atoms with Crippen LogP contribution in [-0.2, 0) is 38.3 Å². The maximum absolute atomic E-state index is 14.4. The van der Waals surface area contributed by atoms with Crippen molar-refractivity contribution >= 4 is 53.2 Å². The van der Waals surface area contributed by atoms with E-state index < -0.39 is 107 Å². The largest absolute Gasteiger partial charge is 0.444 e. The van der Waals surface area contributed by atoms with Gasteiger partial charge in [0.05, 0.1) is 30.7 Å². The molecule has 20 heteroatoms. The lowest BCUT2D eigenvalue weighted by Crippen LogP contribution is -2.61. The quantitative estimate of drug-likeness (QED) is 0.0999. The molecule has 0 radical (unpaired) electrons. The minimum Gasteiger partial charge on any atom is -0.444 e.